The predicted molar refractivity (Wildman–Crippen MR) is 77.1 cm³/mol. The van der Waals surface area contributed by atoms with Gasteiger partial charge in [-0.3, -0.25) is 0 Å². The average Bonchev–Trinajstić information content (AvgIpc) is 2.51. The summed E-state index contributed by atoms with van der Waals surface area (Å²) in [5.74, 6) is 1.02. The van der Waals surface area contributed by atoms with Crippen LogP contribution >= 0.6 is 11.6 Å². The Morgan fingerprint density at radius 2 is 2.06 bits per heavy atom. The molecule has 1 aromatic heterocycles. The SMILES string of the molecule is CC(C)n1c(CC(C)(C)N)nc2cc(Cl)ccc21. The zero-order chi connectivity index (χ0) is 13.5. The van der Waals surface area contributed by atoms with E-state index in [0.717, 1.165) is 28.3 Å². The summed E-state index contributed by atoms with van der Waals surface area (Å²) in [5, 5.41) is 0.717. The van der Waals surface area contributed by atoms with Gasteiger partial charge in [-0.1, -0.05) is 11.6 Å². The zero-order valence-electron chi connectivity index (χ0n) is 11.4. The minimum Gasteiger partial charge on any atom is -0.325 e. The number of imidazole rings is 1. The predicted octanol–water partition coefficient (Wildman–Crippen LogP) is 3.55. The summed E-state index contributed by atoms with van der Waals surface area (Å²) in [5.41, 5.74) is 7.90. The number of nitrogens with two attached hydrogens (primary N) is 1. The molecule has 0 aliphatic heterocycles. The van der Waals surface area contributed by atoms with Gasteiger partial charge in [0, 0.05) is 23.0 Å². The smallest absolute Gasteiger partial charge is 0.111 e. The molecule has 0 radical (unpaired) electrons. The molecule has 18 heavy (non-hydrogen) atoms. The molecule has 0 aliphatic rings. The molecule has 0 saturated carbocycles. The first-order chi connectivity index (χ1) is 8.28. The van der Waals surface area contributed by atoms with Gasteiger partial charge in [0.05, 0.1) is 11.0 Å². The lowest BCUT2D eigenvalue weighted by Gasteiger charge is -2.20. The molecule has 0 unspecified atom stereocenters. The fraction of sp³-hybridized carbons (Fsp3) is 0.500. The Morgan fingerprint density at radius 3 is 2.61 bits per heavy atom. The minimum absolute atomic E-state index is 0.266. The van der Waals surface area contributed by atoms with Gasteiger partial charge in [-0.25, -0.2) is 4.98 Å². The third-order valence-electron chi connectivity index (χ3n) is 2.85. The summed E-state index contributed by atoms with van der Waals surface area (Å²) in [7, 11) is 0. The van der Waals surface area contributed by atoms with Crippen LogP contribution in [-0.4, -0.2) is 15.1 Å². The quantitative estimate of drug-likeness (QED) is 0.922. The standard InChI is InChI=1S/C14H20ClN3/c1-9(2)18-12-6-5-10(15)7-11(12)17-13(18)8-14(3,4)16/h5-7,9H,8,16H2,1-4H3. The van der Waals surface area contributed by atoms with Crippen LogP contribution in [0.2, 0.25) is 5.02 Å². The van der Waals surface area contributed by atoms with Gasteiger partial charge in [-0.15, -0.1) is 0 Å². The highest BCUT2D eigenvalue weighted by Crippen LogP contribution is 2.25. The topological polar surface area (TPSA) is 43.8 Å². The highest BCUT2D eigenvalue weighted by molar-refractivity contribution is 6.31. The molecule has 2 N–H and O–H groups in total. The van der Waals surface area contributed by atoms with Gasteiger partial charge >= 0.3 is 0 Å². The summed E-state index contributed by atoms with van der Waals surface area (Å²) in [4.78, 5) is 4.68. The molecule has 4 heteroatoms. The van der Waals surface area contributed by atoms with Crippen molar-refractivity contribution in [2.75, 3.05) is 0 Å². The summed E-state index contributed by atoms with van der Waals surface area (Å²) in [6, 6.07) is 6.19. The molecule has 1 aromatic carbocycles. The Kier molecular flexibility index (Phi) is 3.39. The molecule has 0 spiro atoms. The van der Waals surface area contributed by atoms with Gasteiger partial charge in [0.2, 0.25) is 0 Å². The average molecular weight is 266 g/mol. The molecule has 0 amide bonds. The van der Waals surface area contributed by atoms with E-state index in [4.69, 9.17) is 17.3 Å². The number of hydrogen-bond acceptors (Lipinski definition) is 2. The van der Waals surface area contributed by atoms with Crippen molar-refractivity contribution in [1.29, 1.82) is 0 Å². The van der Waals surface area contributed by atoms with Crippen molar-refractivity contribution < 1.29 is 0 Å². The number of fused-ring (bicyclic) bond motifs is 1. The maximum absolute atomic E-state index is 6.11. The van der Waals surface area contributed by atoms with Crippen molar-refractivity contribution in [3.8, 4) is 0 Å². The Labute approximate surface area is 113 Å². The van der Waals surface area contributed by atoms with Crippen molar-refractivity contribution >= 4 is 22.6 Å². The fourth-order valence-corrected chi connectivity index (χ4v) is 2.40. The van der Waals surface area contributed by atoms with Crippen molar-refractivity contribution in [3.05, 3.63) is 29.0 Å². The van der Waals surface area contributed by atoms with Crippen LogP contribution in [0, 0.1) is 0 Å². The van der Waals surface area contributed by atoms with Crippen LogP contribution in [0.15, 0.2) is 18.2 Å². The molecule has 0 bridgehead atoms. The van der Waals surface area contributed by atoms with E-state index in [2.05, 4.69) is 23.4 Å². The first kappa shape index (κ1) is 13.4. The first-order valence-corrected chi connectivity index (χ1v) is 6.61. The van der Waals surface area contributed by atoms with Crippen LogP contribution in [-0.2, 0) is 6.42 Å². The number of rotatable bonds is 3. The van der Waals surface area contributed by atoms with E-state index in [1.165, 1.54) is 0 Å². The lowest BCUT2D eigenvalue weighted by molar-refractivity contribution is 0.475. The molecule has 0 fully saturated rings. The van der Waals surface area contributed by atoms with E-state index in [1.54, 1.807) is 0 Å². The van der Waals surface area contributed by atoms with E-state index in [0.29, 0.717) is 6.04 Å². The van der Waals surface area contributed by atoms with Gasteiger partial charge in [0.1, 0.15) is 5.82 Å². The van der Waals surface area contributed by atoms with Crippen LogP contribution < -0.4 is 5.73 Å². The van der Waals surface area contributed by atoms with Gasteiger partial charge in [-0.2, -0.15) is 0 Å². The Bertz CT molecular complexity index is 564. The lowest BCUT2D eigenvalue weighted by atomic mass is 10.0. The summed E-state index contributed by atoms with van der Waals surface area (Å²) in [6.07, 6.45) is 0.747. The molecule has 1 heterocycles. The van der Waals surface area contributed by atoms with Gasteiger partial charge < -0.3 is 10.3 Å². The van der Waals surface area contributed by atoms with Crippen molar-refractivity contribution in [3.63, 3.8) is 0 Å². The zero-order valence-corrected chi connectivity index (χ0v) is 12.1. The minimum atomic E-state index is -0.266. The van der Waals surface area contributed by atoms with Crippen molar-refractivity contribution in [1.82, 2.24) is 9.55 Å². The number of benzene rings is 1. The van der Waals surface area contributed by atoms with E-state index in [1.807, 2.05) is 32.0 Å². The summed E-state index contributed by atoms with van der Waals surface area (Å²) in [6.45, 7) is 8.35. The monoisotopic (exact) mass is 265 g/mol. The lowest BCUT2D eigenvalue weighted by Crippen LogP contribution is -2.35. The molecule has 2 aromatic rings. The summed E-state index contributed by atoms with van der Waals surface area (Å²) < 4.78 is 2.24. The Morgan fingerprint density at radius 1 is 1.39 bits per heavy atom. The second kappa shape index (κ2) is 4.56. The maximum Gasteiger partial charge on any atom is 0.111 e. The van der Waals surface area contributed by atoms with Crippen LogP contribution in [0.3, 0.4) is 0 Å². The van der Waals surface area contributed by atoms with E-state index in [9.17, 15) is 0 Å². The molecule has 0 saturated heterocycles. The van der Waals surface area contributed by atoms with Crippen LogP contribution in [0.4, 0.5) is 0 Å². The number of nitrogens with zero attached hydrogens (tertiary/aromatic N) is 2. The Hall–Kier alpha value is -1.06. The number of halogens is 1. The molecule has 0 aliphatic carbocycles. The molecule has 98 valence electrons. The molecule has 2 rings (SSSR count). The second-order valence-corrected chi connectivity index (χ2v) is 6.23. The third-order valence-corrected chi connectivity index (χ3v) is 3.09. The van der Waals surface area contributed by atoms with Crippen LogP contribution in [0.1, 0.15) is 39.6 Å². The van der Waals surface area contributed by atoms with E-state index >= 15 is 0 Å². The third kappa shape index (κ3) is 2.68. The van der Waals surface area contributed by atoms with Crippen LogP contribution in [0.25, 0.3) is 11.0 Å². The fourth-order valence-electron chi connectivity index (χ4n) is 2.23. The highest BCUT2D eigenvalue weighted by atomic mass is 35.5. The molecular formula is C14H20ClN3. The number of aromatic nitrogens is 2. The molecule has 3 nitrogen and oxygen atoms in total. The maximum atomic E-state index is 6.11. The largest absolute Gasteiger partial charge is 0.325 e. The van der Waals surface area contributed by atoms with Gasteiger partial charge in [-0.05, 0) is 45.9 Å². The first-order valence-electron chi connectivity index (χ1n) is 6.23. The van der Waals surface area contributed by atoms with Gasteiger partial charge in [0.25, 0.3) is 0 Å². The molecule has 0 atom stereocenters. The van der Waals surface area contributed by atoms with E-state index in [-0.39, 0.29) is 5.54 Å². The van der Waals surface area contributed by atoms with Crippen molar-refractivity contribution in [2.24, 2.45) is 5.73 Å². The Balaban J connectivity index is 2.61. The van der Waals surface area contributed by atoms with Crippen LogP contribution in [0.5, 0.6) is 0 Å². The normalized spacial score (nSPS) is 12.6. The summed E-state index contributed by atoms with van der Waals surface area (Å²) >= 11 is 6.02. The molecular weight excluding hydrogens is 246 g/mol. The van der Waals surface area contributed by atoms with Gasteiger partial charge in [0.15, 0.2) is 0 Å². The number of hydrogen-bond donors (Lipinski definition) is 1. The van der Waals surface area contributed by atoms with E-state index < -0.39 is 0 Å². The highest BCUT2D eigenvalue weighted by Gasteiger charge is 2.19. The van der Waals surface area contributed by atoms with Crippen molar-refractivity contribution in [2.45, 2.75) is 45.7 Å². The second-order valence-electron chi connectivity index (χ2n) is 5.79.